The molecule has 0 unspecified atom stereocenters. The Balaban J connectivity index is 1.21. The van der Waals surface area contributed by atoms with Gasteiger partial charge in [-0.1, -0.05) is 140 Å². The first-order chi connectivity index (χ1) is 28.3. The molecule has 0 fully saturated rings. The summed E-state index contributed by atoms with van der Waals surface area (Å²) in [5.74, 6) is 0.680. The number of fused-ring (bicyclic) bond motifs is 15. The Bertz CT molecular complexity index is 3720. The van der Waals surface area contributed by atoms with Crippen molar-refractivity contribution in [2.75, 3.05) is 0 Å². The van der Waals surface area contributed by atoms with Crippen LogP contribution in [0.15, 0.2) is 180 Å². The fourth-order valence-corrected chi connectivity index (χ4v) is 10.4. The van der Waals surface area contributed by atoms with E-state index in [0.29, 0.717) is 5.82 Å². The zero-order valence-corrected chi connectivity index (χ0v) is 31.2. The van der Waals surface area contributed by atoms with Crippen LogP contribution in [0.3, 0.4) is 0 Å². The molecular weight excluding hydrogens is 715 g/mol. The lowest BCUT2D eigenvalue weighted by Crippen LogP contribution is -1.98. The minimum Gasteiger partial charge on any atom is -0.453 e. The Morgan fingerprint density at radius 1 is 0.439 bits per heavy atom. The molecule has 0 bridgehead atoms. The van der Waals surface area contributed by atoms with E-state index < -0.39 is 0 Å². The van der Waals surface area contributed by atoms with E-state index in [4.69, 9.17) is 14.4 Å². The molecule has 0 aliphatic carbocycles. The third-order valence-electron chi connectivity index (χ3n) is 11.8. The van der Waals surface area contributed by atoms with Gasteiger partial charge in [0.2, 0.25) is 0 Å². The molecule has 9 aromatic carbocycles. The van der Waals surface area contributed by atoms with Crippen molar-refractivity contribution in [1.82, 2.24) is 14.5 Å². The first kappa shape index (κ1) is 30.9. The van der Waals surface area contributed by atoms with E-state index in [0.717, 1.165) is 81.9 Å². The minimum absolute atomic E-state index is 0.680. The monoisotopic (exact) mass is 743 g/mol. The van der Waals surface area contributed by atoms with Crippen LogP contribution in [0, 0.1) is 0 Å². The van der Waals surface area contributed by atoms with Gasteiger partial charge < -0.3 is 8.98 Å². The second-order valence-corrected chi connectivity index (χ2v) is 15.9. The van der Waals surface area contributed by atoms with Gasteiger partial charge in [-0.05, 0) is 63.3 Å². The smallest absolute Gasteiger partial charge is 0.160 e. The molecule has 264 valence electrons. The lowest BCUT2D eigenvalue weighted by atomic mass is 10.00. The molecule has 13 aromatic rings. The molecule has 13 rings (SSSR count). The SMILES string of the molecule is c1ccc(-c2nc(-c3cc(-n4c5ccc6ccccc6c5c5c6ccccc6ccc54)c4oc5c6ccccc6ccc5c4c3)nc3c2sc2ccccc23)cc1. The Morgan fingerprint density at radius 3 is 1.75 bits per heavy atom. The third-order valence-corrected chi connectivity index (χ3v) is 12.9. The van der Waals surface area contributed by atoms with E-state index >= 15 is 0 Å². The maximum Gasteiger partial charge on any atom is 0.160 e. The maximum absolute atomic E-state index is 7.13. The average Bonchev–Trinajstić information content (AvgIpc) is 3.96. The van der Waals surface area contributed by atoms with Gasteiger partial charge in [0.1, 0.15) is 5.58 Å². The van der Waals surface area contributed by atoms with Gasteiger partial charge >= 0.3 is 0 Å². The topological polar surface area (TPSA) is 43.9 Å². The number of nitrogens with zero attached hydrogens (tertiary/aromatic N) is 3. The van der Waals surface area contributed by atoms with E-state index in [9.17, 15) is 0 Å². The van der Waals surface area contributed by atoms with Crippen molar-refractivity contribution in [3.8, 4) is 28.3 Å². The van der Waals surface area contributed by atoms with Crippen molar-refractivity contribution in [3.63, 3.8) is 0 Å². The van der Waals surface area contributed by atoms with Gasteiger partial charge in [0, 0.05) is 48.1 Å². The third kappa shape index (κ3) is 4.37. The Labute approximate surface area is 329 Å². The second-order valence-electron chi connectivity index (χ2n) is 14.9. The molecular formula is C52H29N3OS. The van der Waals surface area contributed by atoms with Crippen LogP contribution in [0.2, 0.25) is 0 Å². The van der Waals surface area contributed by atoms with Gasteiger partial charge in [-0.3, -0.25) is 0 Å². The fraction of sp³-hybridized carbons (Fsp3) is 0. The first-order valence-electron chi connectivity index (χ1n) is 19.2. The normalized spacial score (nSPS) is 12.2. The molecule has 4 aromatic heterocycles. The molecule has 0 saturated carbocycles. The van der Waals surface area contributed by atoms with E-state index in [1.165, 1.54) is 37.0 Å². The fourth-order valence-electron chi connectivity index (χ4n) is 9.20. The van der Waals surface area contributed by atoms with E-state index in [-0.39, 0.29) is 0 Å². The molecule has 0 spiro atoms. The number of benzene rings is 9. The Kier molecular flexibility index (Phi) is 6.29. The van der Waals surface area contributed by atoms with Gasteiger partial charge in [0.15, 0.2) is 11.4 Å². The maximum atomic E-state index is 7.13. The molecule has 0 radical (unpaired) electrons. The van der Waals surface area contributed by atoms with Crippen LogP contribution in [0.1, 0.15) is 0 Å². The molecule has 4 nitrogen and oxygen atoms in total. The van der Waals surface area contributed by atoms with E-state index in [1.807, 2.05) is 0 Å². The number of thiophene rings is 1. The highest BCUT2D eigenvalue weighted by Gasteiger charge is 2.24. The molecule has 0 atom stereocenters. The Morgan fingerprint density at radius 2 is 1.04 bits per heavy atom. The predicted octanol–water partition coefficient (Wildman–Crippen LogP) is 14.6. The van der Waals surface area contributed by atoms with Crippen molar-refractivity contribution in [1.29, 1.82) is 0 Å². The molecule has 0 saturated heterocycles. The molecule has 57 heavy (non-hydrogen) atoms. The summed E-state index contributed by atoms with van der Waals surface area (Å²) in [4.78, 5) is 10.9. The highest BCUT2D eigenvalue weighted by atomic mass is 32.1. The quantitative estimate of drug-likeness (QED) is 0.181. The number of hydrogen-bond acceptors (Lipinski definition) is 4. The standard InChI is InChI=1S/C52H29N3OS/c1-2-15-33(16-3-1)47-51-48(39-20-10-11-21-44(39)57-51)54-52(53-47)34-28-40-38-25-22-32-14-6-9-19-37(32)49(38)56-50(40)43(29-34)55-41-26-23-30-12-4-7-17-35(30)45(41)46-36-18-8-5-13-31(36)24-27-42(46)55/h1-29H. The van der Waals surface area contributed by atoms with Crippen LogP contribution in [-0.2, 0) is 0 Å². The Hall–Kier alpha value is -7.34. The van der Waals surface area contributed by atoms with Gasteiger partial charge in [0.05, 0.1) is 32.6 Å². The minimum atomic E-state index is 0.680. The molecule has 0 N–H and O–H groups in total. The van der Waals surface area contributed by atoms with Crippen molar-refractivity contribution in [3.05, 3.63) is 176 Å². The van der Waals surface area contributed by atoms with Crippen LogP contribution in [0.25, 0.3) is 125 Å². The summed E-state index contributed by atoms with van der Waals surface area (Å²) in [6.45, 7) is 0. The lowest BCUT2D eigenvalue weighted by Gasteiger charge is -2.13. The van der Waals surface area contributed by atoms with Crippen LogP contribution >= 0.6 is 11.3 Å². The summed E-state index contributed by atoms with van der Waals surface area (Å²) in [6, 6.07) is 62.9. The average molecular weight is 744 g/mol. The zero-order chi connectivity index (χ0) is 37.2. The van der Waals surface area contributed by atoms with Crippen molar-refractivity contribution >= 4 is 108 Å². The second kappa shape index (κ2) is 11.6. The highest BCUT2D eigenvalue weighted by molar-refractivity contribution is 7.26. The van der Waals surface area contributed by atoms with Gasteiger partial charge in [-0.2, -0.15) is 0 Å². The molecule has 5 heteroatoms. The lowest BCUT2D eigenvalue weighted by molar-refractivity contribution is 0.670. The van der Waals surface area contributed by atoms with E-state index in [2.05, 4.69) is 180 Å². The summed E-state index contributed by atoms with van der Waals surface area (Å²) >= 11 is 1.76. The van der Waals surface area contributed by atoms with Crippen LogP contribution in [0.4, 0.5) is 0 Å². The number of hydrogen-bond donors (Lipinski definition) is 0. The van der Waals surface area contributed by atoms with Gasteiger partial charge in [-0.25, -0.2) is 9.97 Å². The molecule has 0 aliphatic heterocycles. The van der Waals surface area contributed by atoms with E-state index in [1.54, 1.807) is 11.3 Å². The number of furan rings is 1. The number of rotatable bonds is 3. The summed E-state index contributed by atoms with van der Waals surface area (Å²) in [6.07, 6.45) is 0. The predicted molar refractivity (Wildman–Crippen MR) is 240 cm³/mol. The van der Waals surface area contributed by atoms with Crippen LogP contribution < -0.4 is 0 Å². The van der Waals surface area contributed by atoms with Gasteiger partial charge in [-0.15, -0.1) is 11.3 Å². The summed E-state index contributed by atoms with van der Waals surface area (Å²) in [5.41, 5.74) is 8.81. The summed E-state index contributed by atoms with van der Waals surface area (Å²) in [5, 5.41) is 12.8. The molecule has 0 aliphatic rings. The van der Waals surface area contributed by atoms with Gasteiger partial charge in [0.25, 0.3) is 0 Å². The van der Waals surface area contributed by atoms with Crippen LogP contribution in [-0.4, -0.2) is 14.5 Å². The highest BCUT2D eigenvalue weighted by Crippen LogP contribution is 2.46. The first-order valence-corrected chi connectivity index (χ1v) is 20.1. The molecule has 4 heterocycles. The van der Waals surface area contributed by atoms with Crippen molar-refractivity contribution in [2.24, 2.45) is 0 Å². The van der Waals surface area contributed by atoms with Crippen molar-refractivity contribution in [2.45, 2.75) is 0 Å². The van der Waals surface area contributed by atoms with Crippen LogP contribution in [0.5, 0.6) is 0 Å². The van der Waals surface area contributed by atoms with Crippen molar-refractivity contribution < 1.29 is 4.42 Å². The molecule has 0 amide bonds. The summed E-state index contributed by atoms with van der Waals surface area (Å²) in [7, 11) is 0. The zero-order valence-electron chi connectivity index (χ0n) is 30.4. The largest absolute Gasteiger partial charge is 0.453 e. The number of aromatic nitrogens is 3. The summed E-state index contributed by atoms with van der Waals surface area (Å²) < 4.78 is 11.8.